The van der Waals surface area contributed by atoms with Crippen molar-refractivity contribution in [3.8, 4) is 17.0 Å². The van der Waals surface area contributed by atoms with Gasteiger partial charge in [0.2, 0.25) is 0 Å². The number of anilines is 1. The Morgan fingerprint density at radius 2 is 1.58 bits per heavy atom. The third-order valence-electron chi connectivity index (χ3n) is 5.24. The van der Waals surface area contributed by atoms with Crippen LogP contribution in [0.15, 0.2) is 84.2 Å². The average Bonchev–Trinajstić information content (AvgIpc) is 3.36. The maximum atomic E-state index is 11.4. The van der Waals surface area contributed by atoms with Crippen LogP contribution in [-0.2, 0) is 29.1 Å². The van der Waals surface area contributed by atoms with Crippen molar-refractivity contribution in [1.82, 2.24) is 4.98 Å². The van der Waals surface area contributed by atoms with Gasteiger partial charge in [-0.2, -0.15) is 0 Å². The van der Waals surface area contributed by atoms with Gasteiger partial charge in [0.1, 0.15) is 12.4 Å². The highest BCUT2D eigenvalue weighted by molar-refractivity contribution is 7.14. The van der Waals surface area contributed by atoms with E-state index in [-0.39, 0.29) is 12.4 Å². The standard InChI is InChI=1S/C27H26N2O3S/c1-29(27-28-25(19-33-27)23-6-4-3-5-7-23)17-21-8-10-22(11-9-21)18-32-24-14-12-20(13-15-24)16-26(30)31-2/h3-15,19H,16-18H2,1-2H3. The van der Waals surface area contributed by atoms with Crippen LogP contribution >= 0.6 is 11.3 Å². The van der Waals surface area contributed by atoms with E-state index in [9.17, 15) is 4.79 Å². The van der Waals surface area contributed by atoms with E-state index in [4.69, 9.17) is 14.5 Å². The summed E-state index contributed by atoms with van der Waals surface area (Å²) in [4.78, 5) is 18.3. The zero-order chi connectivity index (χ0) is 23.0. The summed E-state index contributed by atoms with van der Waals surface area (Å²) < 4.78 is 10.6. The van der Waals surface area contributed by atoms with Gasteiger partial charge < -0.3 is 14.4 Å². The predicted octanol–water partition coefficient (Wildman–Crippen LogP) is 5.74. The van der Waals surface area contributed by atoms with Crippen molar-refractivity contribution in [3.63, 3.8) is 0 Å². The van der Waals surface area contributed by atoms with Crippen molar-refractivity contribution < 1.29 is 14.3 Å². The van der Waals surface area contributed by atoms with Crippen molar-refractivity contribution in [3.05, 3.63) is 101 Å². The highest BCUT2D eigenvalue weighted by atomic mass is 32.1. The Labute approximate surface area is 198 Å². The number of ether oxygens (including phenoxy) is 2. The molecule has 0 radical (unpaired) electrons. The lowest BCUT2D eigenvalue weighted by molar-refractivity contribution is -0.139. The van der Waals surface area contributed by atoms with E-state index in [1.54, 1.807) is 11.3 Å². The first-order valence-electron chi connectivity index (χ1n) is 10.7. The van der Waals surface area contributed by atoms with E-state index in [0.29, 0.717) is 6.61 Å². The normalized spacial score (nSPS) is 10.6. The lowest BCUT2D eigenvalue weighted by Crippen LogP contribution is -2.16. The second-order valence-electron chi connectivity index (χ2n) is 7.74. The number of aromatic nitrogens is 1. The van der Waals surface area contributed by atoms with Gasteiger partial charge in [-0.1, -0.05) is 66.7 Å². The van der Waals surface area contributed by atoms with Crippen LogP contribution in [0.2, 0.25) is 0 Å². The van der Waals surface area contributed by atoms with Crippen LogP contribution in [0, 0.1) is 0 Å². The van der Waals surface area contributed by atoms with Crippen LogP contribution in [0.4, 0.5) is 5.13 Å². The molecule has 4 rings (SSSR count). The molecule has 168 valence electrons. The summed E-state index contributed by atoms with van der Waals surface area (Å²) in [7, 11) is 3.46. The summed E-state index contributed by atoms with van der Waals surface area (Å²) >= 11 is 1.66. The Morgan fingerprint density at radius 3 is 2.27 bits per heavy atom. The lowest BCUT2D eigenvalue weighted by atomic mass is 10.1. The van der Waals surface area contributed by atoms with Gasteiger partial charge >= 0.3 is 5.97 Å². The number of methoxy groups -OCH3 is 1. The van der Waals surface area contributed by atoms with E-state index in [2.05, 4.69) is 53.7 Å². The molecule has 0 amide bonds. The van der Waals surface area contributed by atoms with Crippen molar-refractivity contribution in [1.29, 1.82) is 0 Å². The molecular weight excluding hydrogens is 432 g/mol. The maximum Gasteiger partial charge on any atom is 0.309 e. The topological polar surface area (TPSA) is 51.7 Å². The zero-order valence-electron chi connectivity index (χ0n) is 18.7. The van der Waals surface area contributed by atoms with Gasteiger partial charge in [-0.25, -0.2) is 4.98 Å². The summed E-state index contributed by atoms with van der Waals surface area (Å²) in [5.41, 5.74) is 5.36. The second kappa shape index (κ2) is 10.8. The van der Waals surface area contributed by atoms with Gasteiger partial charge in [0.05, 0.1) is 19.2 Å². The van der Waals surface area contributed by atoms with E-state index in [1.807, 2.05) is 42.5 Å². The fourth-order valence-corrected chi connectivity index (χ4v) is 4.17. The first-order chi connectivity index (χ1) is 16.1. The molecular formula is C27H26N2O3S. The molecule has 0 atom stereocenters. The molecule has 0 aliphatic carbocycles. The number of carbonyl (C=O) groups is 1. The minimum Gasteiger partial charge on any atom is -0.489 e. The lowest BCUT2D eigenvalue weighted by Gasteiger charge is -2.16. The summed E-state index contributed by atoms with van der Waals surface area (Å²) in [6.45, 7) is 1.27. The Bertz CT molecular complexity index is 1170. The van der Waals surface area contributed by atoms with Crippen LogP contribution in [0.5, 0.6) is 5.75 Å². The van der Waals surface area contributed by atoms with Crippen LogP contribution in [0.25, 0.3) is 11.3 Å². The molecule has 5 nitrogen and oxygen atoms in total. The quantitative estimate of drug-likeness (QED) is 0.299. The van der Waals surface area contributed by atoms with E-state index >= 15 is 0 Å². The zero-order valence-corrected chi connectivity index (χ0v) is 19.5. The largest absolute Gasteiger partial charge is 0.489 e. The van der Waals surface area contributed by atoms with Crippen LogP contribution in [0.1, 0.15) is 16.7 Å². The Balaban J connectivity index is 1.29. The molecule has 0 aliphatic rings. The average molecular weight is 459 g/mol. The fraction of sp³-hybridized carbons (Fsp3) is 0.185. The number of hydrogen-bond acceptors (Lipinski definition) is 6. The summed E-state index contributed by atoms with van der Waals surface area (Å²) in [5, 5.41) is 3.10. The number of carbonyl (C=O) groups excluding carboxylic acids is 1. The molecule has 33 heavy (non-hydrogen) atoms. The number of hydrogen-bond donors (Lipinski definition) is 0. The SMILES string of the molecule is COC(=O)Cc1ccc(OCc2ccc(CN(C)c3nc(-c4ccccc4)cs3)cc2)cc1. The number of benzene rings is 3. The first kappa shape index (κ1) is 22.6. The summed E-state index contributed by atoms with van der Waals surface area (Å²) in [6.07, 6.45) is 0.265. The Hall–Kier alpha value is -3.64. The van der Waals surface area contributed by atoms with Crippen molar-refractivity contribution in [2.75, 3.05) is 19.1 Å². The molecule has 1 heterocycles. The van der Waals surface area contributed by atoms with Gasteiger partial charge in [0, 0.05) is 24.5 Å². The van der Waals surface area contributed by atoms with Gasteiger partial charge in [0.25, 0.3) is 0 Å². The number of rotatable bonds is 9. The smallest absolute Gasteiger partial charge is 0.309 e. The molecule has 0 aliphatic heterocycles. The monoisotopic (exact) mass is 458 g/mol. The summed E-state index contributed by atoms with van der Waals surface area (Å²) in [5.74, 6) is 0.520. The molecule has 6 heteroatoms. The van der Waals surface area contributed by atoms with Gasteiger partial charge in [-0.15, -0.1) is 11.3 Å². The molecule has 3 aromatic carbocycles. The number of nitrogens with zero attached hydrogens (tertiary/aromatic N) is 2. The van der Waals surface area contributed by atoms with Crippen molar-refractivity contribution >= 4 is 22.4 Å². The fourth-order valence-electron chi connectivity index (χ4n) is 3.37. The summed E-state index contributed by atoms with van der Waals surface area (Å²) in [6, 6.07) is 26.2. The Kier molecular flexibility index (Phi) is 7.37. The molecule has 0 spiro atoms. The second-order valence-corrected chi connectivity index (χ2v) is 8.58. The molecule has 1 aromatic heterocycles. The van der Waals surface area contributed by atoms with Crippen LogP contribution in [0.3, 0.4) is 0 Å². The predicted molar refractivity (Wildman–Crippen MR) is 133 cm³/mol. The van der Waals surface area contributed by atoms with Crippen molar-refractivity contribution in [2.24, 2.45) is 0 Å². The van der Waals surface area contributed by atoms with Gasteiger partial charge in [0.15, 0.2) is 5.13 Å². The molecule has 0 bridgehead atoms. The highest BCUT2D eigenvalue weighted by Crippen LogP contribution is 2.27. The van der Waals surface area contributed by atoms with E-state index in [0.717, 1.165) is 39.8 Å². The highest BCUT2D eigenvalue weighted by Gasteiger charge is 2.09. The maximum absolute atomic E-state index is 11.4. The number of esters is 1. The minimum atomic E-state index is -0.249. The van der Waals surface area contributed by atoms with Crippen molar-refractivity contribution in [2.45, 2.75) is 19.6 Å². The minimum absolute atomic E-state index is 0.249. The third-order valence-corrected chi connectivity index (χ3v) is 6.19. The molecule has 0 saturated heterocycles. The van der Waals surface area contributed by atoms with Gasteiger partial charge in [-0.3, -0.25) is 4.79 Å². The molecule has 0 saturated carbocycles. The van der Waals surface area contributed by atoms with Crippen LogP contribution < -0.4 is 9.64 Å². The molecule has 4 aromatic rings. The molecule has 0 N–H and O–H groups in total. The molecule has 0 fully saturated rings. The number of thiazole rings is 1. The van der Waals surface area contributed by atoms with E-state index in [1.165, 1.54) is 12.7 Å². The first-order valence-corrected chi connectivity index (χ1v) is 11.6. The van der Waals surface area contributed by atoms with Crippen LogP contribution in [-0.4, -0.2) is 25.1 Å². The van der Waals surface area contributed by atoms with E-state index < -0.39 is 0 Å². The molecule has 0 unspecified atom stereocenters. The Morgan fingerprint density at radius 1 is 0.909 bits per heavy atom. The third kappa shape index (κ3) is 6.20. The van der Waals surface area contributed by atoms with Gasteiger partial charge in [-0.05, 0) is 28.8 Å².